The van der Waals surface area contributed by atoms with E-state index in [0.29, 0.717) is 6.54 Å². The van der Waals surface area contributed by atoms with Crippen LogP contribution in [0.3, 0.4) is 0 Å². The molecule has 1 aromatic heterocycles. The summed E-state index contributed by atoms with van der Waals surface area (Å²) in [7, 11) is 0. The van der Waals surface area contributed by atoms with Crippen LogP contribution in [0.25, 0.3) is 21.7 Å². The van der Waals surface area contributed by atoms with Gasteiger partial charge in [0.25, 0.3) is 0 Å². The summed E-state index contributed by atoms with van der Waals surface area (Å²) in [6, 6.07) is 18.1. The van der Waals surface area contributed by atoms with Crippen LogP contribution in [0.2, 0.25) is 5.02 Å². The minimum atomic E-state index is 0.696. The fourth-order valence-corrected chi connectivity index (χ4v) is 3.27. The lowest BCUT2D eigenvalue weighted by atomic mass is 10.1. The minimum Gasteiger partial charge on any atom is -0.358 e. The lowest BCUT2D eigenvalue weighted by Gasteiger charge is -2.02. The Morgan fingerprint density at radius 1 is 1.05 bits per heavy atom. The highest BCUT2D eigenvalue weighted by Gasteiger charge is 2.14. The largest absolute Gasteiger partial charge is 0.358 e. The van der Waals surface area contributed by atoms with E-state index in [1.807, 2.05) is 48.5 Å². The average Bonchev–Trinajstić information content (AvgIpc) is 2.98. The van der Waals surface area contributed by atoms with Crippen LogP contribution in [0.5, 0.6) is 0 Å². The minimum absolute atomic E-state index is 0.696. The van der Waals surface area contributed by atoms with Crippen LogP contribution in [0.1, 0.15) is 0 Å². The number of rotatable bonds is 5. The van der Waals surface area contributed by atoms with Gasteiger partial charge in [-0.05, 0) is 17.7 Å². The molecule has 0 spiro atoms. The van der Waals surface area contributed by atoms with Crippen molar-refractivity contribution in [3.05, 3.63) is 72.3 Å². The predicted molar refractivity (Wildman–Crippen MR) is 96.7 cm³/mol. The highest BCUT2D eigenvalue weighted by molar-refractivity contribution is 7.19. The molecule has 2 aromatic carbocycles. The molecule has 3 rings (SSSR count). The van der Waals surface area contributed by atoms with Crippen molar-refractivity contribution in [1.29, 1.82) is 0 Å². The van der Waals surface area contributed by atoms with Gasteiger partial charge in [0.2, 0.25) is 0 Å². The molecule has 0 aliphatic carbocycles. The topological polar surface area (TPSA) is 24.9 Å². The van der Waals surface area contributed by atoms with Crippen LogP contribution in [0.15, 0.2) is 67.3 Å². The molecule has 0 unspecified atom stereocenters. The fourth-order valence-electron chi connectivity index (χ4n) is 2.14. The molecule has 0 fully saturated rings. The van der Waals surface area contributed by atoms with Crippen molar-refractivity contribution in [2.24, 2.45) is 0 Å². The summed E-state index contributed by atoms with van der Waals surface area (Å²) in [6.07, 6.45) is 1.82. The van der Waals surface area contributed by atoms with Crippen molar-refractivity contribution >= 4 is 28.1 Å². The number of benzene rings is 2. The molecule has 0 atom stereocenters. The standard InChI is InChI=1S/C18H15ClN2S/c1-2-12-20-18-21-16(13-8-10-15(19)11-9-13)17(22-18)14-6-4-3-5-7-14/h2-11H,1,12H2,(H,20,21). The molecular weight excluding hydrogens is 312 g/mol. The molecule has 0 saturated heterocycles. The summed E-state index contributed by atoms with van der Waals surface area (Å²) >= 11 is 7.64. The normalized spacial score (nSPS) is 10.4. The molecule has 110 valence electrons. The van der Waals surface area contributed by atoms with Crippen LogP contribution in [0, 0.1) is 0 Å². The summed E-state index contributed by atoms with van der Waals surface area (Å²) < 4.78 is 0. The van der Waals surface area contributed by atoms with Crippen LogP contribution in [-0.2, 0) is 0 Å². The molecule has 0 aliphatic heterocycles. The number of hydrogen-bond donors (Lipinski definition) is 1. The van der Waals surface area contributed by atoms with Gasteiger partial charge in [0.1, 0.15) is 0 Å². The highest BCUT2D eigenvalue weighted by Crippen LogP contribution is 2.39. The van der Waals surface area contributed by atoms with Gasteiger partial charge >= 0.3 is 0 Å². The SMILES string of the molecule is C=CCNc1nc(-c2ccc(Cl)cc2)c(-c2ccccc2)s1. The van der Waals surface area contributed by atoms with Crippen molar-refractivity contribution < 1.29 is 0 Å². The van der Waals surface area contributed by atoms with Crippen LogP contribution >= 0.6 is 22.9 Å². The maximum absolute atomic E-state index is 5.99. The van der Waals surface area contributed by atoms with E-state index in [-0.39, 0.29) is 0 Å². The Labute approximate surface area is 139 Å². The van der Waals surface area contributed by atoms with Crippen molar-refractivity contribution in [2.75, 3.05) is 11.9 Å². The molecular formula is C18H15ClN2S. The third-order valence-corrected chi connectivity index (χ3v) is 4.49. The first-order valence-corrected chi connectivity index (χ1v) is 8.14. The number of halogens is 1. The third-order valence-electron chi connectivity index (χ3n) is 3.18. The molecule has 1 heterocycles. The van der Waals surface area contributed by atoms with Crippen LogP contribution in [-0.4, -0.2) is 11.5 Å². The lowest BCUT2D eigenvalue weighted by molar-refractivity contribution is 1.29. The van der Waals surface area contributed by atoms with Gasteiger partial charge in [0, 0.05) is 17.1 Å². The Morgan fingerprint density at radius 2 is 1.77 bits per heavy atom. The summed E-state index contributed by atoms with van der Waals surface area (Å²) in [5.74, 6) is 0. The van der Waals surface area contributed by atoms with Crippen molar-refractivity contribution in [2.45, 2.75) is 0 Å². The molecule has 0 bridgehead atoms. The molecule has 1 N–H and O–H groups in total. The van der Waals surface area contributed by atoms with E-state index in [2.05, 4.69) is 24.0 Å². The maximum Gasteiger partial charge on any atom is 0.184 e. The number of nitrogens with one attached hydrogen (secondary N) is 1. The zero-order chi connectivity index (χ0) is 15.4. The van der Waals surface area contributed by atoms with E-state index < -0.39 is 0 Å². The van der Waals surface area contributed by atoms with Crippen molar-refractivity contribution in [3.8, 4) is 21.7 Å². The van der Waals surface area contributed by atoms with E-state index in [1.165, 1.54) is 0 Å². The Hall–Kier alpha value is -2.10. The Kier molecular flexibility index (Phi) is 4.56. The number of anilines is 1. The molecule has 4 heteroatoms. The van der Waals surface area contributed by atoms with Gasteiger partial charge in [-0.1, -0.05) is 71.5 Å². The van der Waals surface area contributed by atoms with E-state index in [1.54, 1.807) is 11.3 Å². The van der Waals surface area contributed by atoms with E-state index in [4.69, 9.17) is 16.6 Å². The van der Waals surface area contributed by atoms with Crippen LogP contribution < -0.4 is 5.32 Å². The Balaban J connectivity index is 2.08. The predicted octanol–water partition coefficient (Wildman–Crippen LogP) is 5.73. The molecule has 0 radical (unpaired) electrons. The van der Waals surface area contributed by atoms with Crippen molar-refractivity contribution in [1.82, 2.24) is 4.98 Å². The first kappa shape index (κ1) is 14.8. The monoisotopic (exact) mass is 326 g/mol. The van der Waals surface area contributed by atoms with E-state index in [9.17, 15) is 0 Å². The Morgan fingerprint density at radius 3 is 2.45 bits per heavy atom. The van der Waals surface area contributed by atoms with E-state index >= 15 is 0 Å². The van der Waals surface area contributed by atoms with E-state index in [0.717, 1.165) is 31.9 Å². The van der Waals surface area contributed by atoms with Gasteiger partial charge in [-0.3, -0.25) is 0 Å². The van der Waals surface area contributed by atoms with Crippen molar-refractivity contribution in [3.63, 3.8) is 0 Å². The quantitative estimate of drug-likeness (QED) is 0.606. The number of nitrogens with zero attached hydrogens (tertiary/aromatic N) is 1. The number of aromatic nitrogens is 1. The third kappa shape index (κ3) is 3.21. The molecule has 0 saturated carbocycles. The first-order chi connectivity index (χ1) is 10.8. The molecule has 3 aromatic rings. The van der Waals surface area contributed by atoms with Gasteiger partial charge in [0.05, 0.1) is 10.6 Å². The smallest absolute Gasteiger partial charge is 0.184 e. The maximum atomic E-state index is 5.99. The zero-order valence-corrected chi connectivity index (χ0v) is 13.5. The second kappa shape index (κ2) is 6.77. The Bertz CT molecular complexity index is 764. The lowest BCUT2D eigenvalue weighted by Crippen LogP contribution is -1.96. The molecule has 0 aliphatic rings. The number of hydrogen-bond acceptors (Lipinski definition) is 3. The second-order valence-corrected chi connectivity index (χ2v) is 6.17. The molecule has 22 heavy (non-hydrogen) atoms. The first-order valence-electron chi connectivity index (χ1n) is 6.95. The zero-order valence-electron chi connectivity index (χ0n) is 11.9. The summed E-state index contributed by atoms with van der Waals surface area (Å²) in [4.78, 5) is 5.89. The highest BCUT2D eigenvalue weighted by atomic mass is 35.5. The molecule has 2 nitrogen and oxygen atoms in total. The fraction of sp³-hybridized carbons (Fsp3) is 0.0556. The van der Waals surface area contributed by atoms with Gasteiger partial charge in [-0.15, -0.1) is 6.58 Å². The van der Waals surface area contributed by atoms with Gasteiger partial charge in [-0.25, -0.2) is 4.98 Å². The van der Waals surface area contributed by atoms with Gasteiger partial charge in [-0.2, -0.15) is 0 Å². The van der Waals surface area contributed by atoms with Gasteiger partial charge in [0.15, 0.2) is 5.13 Å². The summed E-state index contributed by atoms with van der Waals surface area (Å²) in [6.45, 7) is 4.43. The number of thiazole rings is 1. The second-order valence-electron chi connectivity index (χ2n) is 4.74. The summed E-state index contributed by atoms with van der Waals surface area (Å²) in [5.41, 5.74) is 3.20. The molecule has 0 amide bonds. The average molecular weight is 327 g/mol. The van der Waals surface area contributed by atoms with Gasteiger partial charge < -0.3 is 5.32 Å². The summed E-state index contributed by atoms with van der Waals surface area (Å²) in [5, 5.41) is 4.89. The van der Waals surface area contributed by atoms with Crippen LogP contribution in [0.4, 0.5) is 5.13 Å².